The van der Waals surface area contributed by atoms with Gasteiger partial charge in [-0.05, 0) is 28.7 Å². The Kier molecular flexibility index (Phi) is 6.60. The summed E-state index contributed by atoms with van der Waals surface area (Å²) in [4.78, 5) is 0. The van der Waals surface area contributed by atoms with Crippen molar-refractivity contribution in [2.45, 2.75) is 17.6 Å². The molecule has 1 aromatic rings. The molecule has 0 bridgehead atoms. The molecule has 0 radical (unpaired) electrons. The minimum absolute atomic E-state index is 0.104. The number of hydrogen-bond donors (Lipinski definition) is 1. The van der Waals surface area contributed by atoms with Crippen LogP contribution in [0.5, 0.6) is 0 Å². The molecule has 1 aromatic carbocycles. The Balaban J connectivity index is 0.000000472. The first-order valence-electron chi connectivity index (χ1n) is 4.75. The molecule has 0 aromatic heterocycles. The normalized spacial score (nSPS) is 13.4. The minimum atomic E-state index is -5.84. The number of rotatable bonds is 1. The molecule has 3 nitrogen and oxygen atoms in total. The summed E-state index contributed by atoms with van der Waals surface area (Å²) in [6.45, 7) is 0. The van der Waals surface area contributed by atoms with E-state index in [1.165, 1.54) is 34.7 Å². The molecular formula is C9H5F8IO3S. The van der Waals surface area contributed by atoms with Crippen LogP contribution in [0.1, 0.15) is 5.56 Å². The lowest BCUT2D eigenvalue weighted by Gasteiger charge is -2.20. The summed E-state index contributed by atoms with van der Waals surface area (Å²) in [5, 5.41) is 0. The number of alkyl halides is 8. The zero-order chi connectivity index (χ0) is 18.0. The Morgan fingerprint density at radius 1 is 0.909 bits per heavy atom. The van der Waals surface area contributed by atoms with Crippen molar-refractivity contribution in [3.8, 4) is 0 Å². The summed E-state index contributed by atoms with van der Waals surface area (Å²) in [5.41, 5.74) is -6.54. The van der Waals surface area contributed by atoms with Gasteiger partial charge in [0, 0.05) is 9.13 Å². The Bertz CT molecular complexity index is 608. The molecule has 0 saturated carbocycles. The fourth-order valence-electron chi connectivity index (χ4n) is 0.869. The Hall–Kier alpha value is -0.700. The summed E-state index contributed by atoms with van der Waals surface area (Å²) >= 11 is 1.45. The van der Waals surface area contributed by atoms with Crippen LogP contribution < -0.4 is 0 Å². The second-order valence-corrected chi connectivity index (χ2v) is 6.05. The number of benzene rings is 1. The van der Waals surface area contributed by atoms with E-state index in [1.807, 2.05) is 0 Å². The summed E-state index contributed by atoms with van der Waals surface area (Å²) in [7, 11) is -5.84. The van der Waals surface area contributed by atoms with Crippen LogP contribution in [-0.4, -0.2) is 24.7 Å². The zero-order valence-electron chi connectivity index (χ0n) is 9.88. The van der Waals surface area contributed by atoms with Gasteiger partial charge in [-0.15, -0.1) is 0 Å². The second-order valence-electron chi connectivity index (χ2n) is 3.47. The molecule has 128 valence electrons. The summed E-state index contributed by atoms with van der Waals surface area (Å²) in [6, 6.07) is 4.53. The van der Waals surface area contributed by atoms with E-state index in [1.54, 1.807) is 0 Å². The first-order valence-corrected chi connectivity index (χ1v) is 7.27. The van der Waals surface area contributed by atoms with Crippen molar-refractivity contribution in [3.63, 3.8) is 0 Å². The van der Waals surface area contributed by atoms with Crippen LogP contribution in [-0.2, 0) is 16.0 Å². The Labute approximate surface area is 132 Å². The maximum atomic E-state index is 12.8. The second kappa shape index (κ2) is 6.82. The highest BCUT2D eigenvalue weighted by Gasteiger charge is 2.59. The van der Waals surface area contributed by atoms with Crippen LogP contribution >= 0.6 is 22.6 Å². The van der Waals surface area contributed by atoms with Gasteiger partial charge in [0.05, 0.1) is 0 Å². The average Bonchev–Trinajstić information content (AvgIpc) is 2.25. The molecular weight excluding hydrogens is 467 g/mol. The first-order chi connectivity index (χ1) is 9.52. The molecule has 0 saturated heterocycles. The third-order valence-electron chi connectivity index (χ3n) is 1.86. The third-order valence-corrected chi connectivity index (χ3v) is 3.39. The SMILES string of the molecule is FC(F)(F)C(F)(F)c1ccccc1I.O=S(=O)(O)C(F)(F)F. The molecule has 1 N–H and O–H groups in total. The van der Waals surface area contributed by atoms with Crippen LogP contribution in [0.3, 0.4) is 0 Å². The van der Waals surface area contributed by atoms with Gasteiger partial charge in [-0.25, -0.2) is 0 Å². The highest BCUT2D eigenvalue weighted by Crippen LogP contribution is 2.45. The van der Waals surface area contributed by atoms with E-state index in [-0.39, 0.29) is 3.57 Å². The molecule has 1 rings (SSSR count). The fourth-order valence-corrected chi connectivity index (χ4v) is 1.59. The molecule has 0 aliphatic carbocycles. The van der Waals surface area contributed by atoms with Gasteiger partial charge in [-0.1, -0.05) is 18.2 Å². The van der Waals surface area contributed by atoms with Crippen molar-refractivity contribution >= 4 is 32.7 Å². The topological polar surface area (TPSA) is 54.4 Å². The largest absolute Gasteiger partial charge is 0.522 e. The van der Waals surface area contributed by atoms with E-state index in [9.17, 15) is 35.1 Å². The van der Waals surface area contributed by atoms with Crippen LogP contribution in [0.15, 0.2) is 24.3 Å². The predicted molar refractivity (Wildman–Crippen MR) is 66.7 cm³/mol. The molecule has 0 unspecified atom stereocenters. The highest BCUT2D eigenvalue weighted by atomic mass is 127. The molecule has 22 heavy (non-hydrogen) atoms. The molecule has 0 spiro atoms. The molecule has 0 fully saturated rings. The van der Waals surface area contributed by atoms with Crippen molar-refractivity contribution in [3.05, 3.63) is 33.4 Å². The van der Waals surface area contributed by atoms with Gasteiger partial charge in [0.1, 0.15) is 0 Å². The van der Waals surface area contributed by atoms with Crippen molar-refractivity contribution in [1.82, 2.24) is 0 Å². The van der Waals surface area contributed by atoms with Gasteiger partial charge in [-0.2, -0.15) is 43.5 Å². The molecule has 0 atom stereocenters. The summed E-state index contributed by atoms with van der Waals surface area (Å²) in [6.07, 6.45) is -5.55. The number of hydrogen-bond acceptors (Lipinski definition) is 2. The quantitative estimate of drug-likeness (QED) is 0.287. The molecule has 0 amide bonds. The van der Waals surface area contributed by atoms with E-state index in [0.717, 1.165) is 12.1 Å². The third kappa shape index (κ3) is 5.49. The molecule has 0 heterocycles. The van der Waals surface area contributed by atoms with Crippen molar-refractivity contribution in [1.29, 1.82) is 0 Å². The first kappa shape index (κ1) is 21.3. The average molecular weight is 472 g/mol. The maximum absolute atomic E-state index is 12.8. The van der Waals surface area contributed by atoms with Crippen LogP contribution in [0.25, 0.3) is 0 Å². The Morgan fingerprint density at radius 3 is 1.55 bits per heavy atom. The van der Waals surface area contributed by atoms with E-state index < -0.39 is 33.3 Å². The summed E-state index contributed by atoms with van der Waals surface area (Å²) < 4.78 is 119. The molecule has 13 heteroatoms. The Morgan fingerprint density at radius 2 is 1.27 bits per heavy atom. The monoisotopic (exact) mass is 472 g/mol. The lowest BCUT2D eigenvalue weighted by molar-refractivity contribution is -0.289. The van der Waals surface area contributed by atoms with Crippen LogP contribution in [0.4, 0.5) is 35.1 Å². The van der Waals surface area contributed by atoms with Gasteiger partial charge in [0.25, 0.3) is 0 Å². The van der Waals surface area contributed by atoms with Crippen molar-refractivity contribution < 1.29 is 48.1 Å². The predicted octanol–water partition coefficient (Wildman–Crippen LogP) is 4.34. The minimum Gasteiger partial charge on any atom is -0.279 e. The highest BCUT2D eigenvalue weighted by molar-refractivity contribution is 14.1. The lowest BCUT2D eigenvalue weighted by atomic mass is 10.1. The smallest absolute Gasteiger partial charge is 0.279 e. The van der Waals surface area contributed by atoms with Gasteiger partial charge >= 0.3 is 27.7 Å². The van der Waals surface area contributed by atoms with Crippen molar-refractivity contribution in [2.75, 3.05) is 0 Å². The molecule has 0 aliphatic heterocycles. The summed E-state index contributed by atoms with van der Waals surface area (Å²) in [5.74, 6) is -4.79. The molecule has 0 aliphatic rings. The van der Waals surface area contributed by atoms with Crippen LogP contribution in [0.2, 0.25) is 0 Å². The van der Waals surface area contributed by atoms with Gasteiger partial charge in [0.2, 0.25) is 0 Å². The van der Waals surface area contributed by atoms with E-state index in [2.05, 4.69) is 0 Å². The zero-order valence-corrected chi connectivity index (χ0v) is 12.9. The lowest BCUT2D eigenvalue weighted by Crippen LogP contribution is -2.34. The van der Waals surface area contributed by atoms with E-state index in [0.29, 0.717) is 0 Å². The fraction of sp³-hybridized carbons (Fsp3) is 0.333. The van der Waals surface area contributed by atoms with Crippen LogP contribution in [0, 0.1) is 3.57 Å². The van der Waals surface area contributed by atoms with Gasteiger partial charge < -0.3 is 0 Å². The van der Waals surface area contributed by atoms with E-state index >= 15 is 0 Å². The van der Waals surface area contributed by atoms with Gasteiger partial charge in [-0.3, -0.25) is 4.55 Å². The number of halogens is 9. The van der Waals surface area contributed by atoms with E-state index in [4.69, 9.17) is 13.0 Å². The standard InChI is InChI=1S/C8H4F5I.CHF3O3S/c9-7(10,8(11,12)13)5-3-1-2-4-6(5)14;2-1(3,4)8(5,6)7/h1-4H;(H,5,6,7). The van der Waals surface area contributed by atoms with Crippen molar-refractivity contribution in [2.24, 2.45) is 0 Å². The maximum Gasteiger partial charge on any atom is 0.522 e. The van der Waals surface area contributed by atoms with Gasteiger partial charge in [0.15, 0.2) is 0 Å².